The van der Waals surface area contributed by atoms with Crippen molar-refractivity contribution in [1.29, 1.82) is 0 Å². The summed E-state index contributed by atoms with van der Waals surface area (Å²) in [5, 5.41) is 10.9. The summed E-state index contributed by atoms with van der Waals surface area (Å²) in [6.45, 7) is 3.91. The van der Waals surface area contributed by atoms with Gasteiger partial charge in [0.05, 0.1) is 9.83 Å². The maximum Gasteiger partial charge on any atom is 0.303 e. The number of amides is 1. The van der Waals surface area contributed by atoms with Crippen molar-refractivity contribution in [1.82, 2.24) is 4.90 Å². The molecule has 0 aliphatic carbocycles. The fourth-order valence-electron chi connectivity index (χ4n) is 3.96. The molecule has 1 amide bonds. The molecule has 1 aromatic rings. The number of ether oxygens (including phenoxy) is 5. The van der Waals surface area contributed by atoms with Gasteiger partial charge in [-0.3, -0.25) is 39.0 Å². The van der Waals surface area contributed by atoms with E-state index in [9.17, 15) is 34.1 Å². The normalized spacial score (nSPS) is 25.4. The molecule has 40 heavy (non-hydrogen) atoms. The Bertz CT molecular complexity index is 1260. The van der Waals surface area contributed by atoms with Crippen LogP contribution in [0.25, 0.3) is 6.08 Å². The van der Waals surface area contributed by atoms with E-state index in [2.05, 4.69) is 0 Å². The summed E-state index contributed by atoms with van der Waals surface area (Å²) in [5.74, 6) is -3.81. The fourth-order valence-corrected chi connectivity index (χ4v) is 5.27. The van der Waals surface area contributed by atoms with Crippen LogP contribution >= 0.6 is 24.0 Å². The fraction of sp³-hybridized carbons (Fsp3) is 0.417. The van der Waals surface area contributed by atoms with Crippen LogP contribution in [0.4, 0.5) is 5.69 Å². The number of nitrogens with zero attached hydrogens (tertiary/aromatic N) is 2. The third-order valence-corrected chi connectivity index (χ3v) is 6.78. The number of nitro groups is 1. The maximum absolute atomic E-state index is 13.5. The van der Waals surface area contributed by atoms with Crippen LogP contribution in [0.2, 0.25) is 0 Å². The van der Waals surface area contributed by atoms with Crippen molar-refractivity contribution in [2.45, 2.75) is 58.3 Å². The third-order valence-electron chi connectivity index (χ3n) is 5.45. The molecule has 2 aliphatic rings. The highest BCUT2D eigenvalue weighted by Gasteiger charge is 2.56. The maximum atomic E-state index is 13.5. The van der Waals surface area contributed by atoms with Gasteiger partial charge >= 0.3 is 23.9 Å². The van der Waals surface area contributed by atoms with Gasteiger partial charge in [0.15, 0.2) is 28.9 Å². The molecule has 2 heterocycles. The summed E-state index contributed by atoms with van der Waals surface area (Å²) in [6, 6.07) is 5.43. The summed E-state index contributed by atoms with van der Waals surface area (Å²) in [7, 11) is 0. The molecule has 2 saturated heterocycles. The second kappa shape index (κ2) is 13.0. The molecule has 1 aromatic carbocycles. The number of carbonyl (C=O) groups excluding carboxylic acids is 5. The number of thioether (sulfide) groups is 1. The van der Waals surface area contributed by atoms with Crippen LogP contribution in [0, 0.1) is 10.1 Å². The van der Waals surface area contributed by atoms with E-state index in [1.165, 1.54) is 30.3 Å². The Balaban J connectivity index is 2.03. The summed E-state index contributed by atoms with van der Waals surface area (Å²) in [5.41, 5.74) is 0.329. The molecule has 16 heteroatoms. The highest BCUT2D eigenvalue weighted by molar-refractivity contribution is 8.26. The first-order valence-corrected chi connectivity index (χ1v) is 12.8. The zero-order valence-corrected chi connectivity index (χ0v) is 23.2. The lowest BCUT2D eigenvalue weighted by Gasteiger charge is -2.46. The quantitative estimate of drug-likeness (QED) is 0.106. The molecule has 0 bridgehead atoms. The number of rotatable bonds is 8. The Morgan fingerprint density at radius 3 is 2.05 bits per heavy atom. The molecule has 3 rings (SSSR count). The Morgan fingerprint density at radius 2 is 1.52 bits per heavy atom. The van der Waals surface area contributed by atoms with Crippen molar-refractivity contribution in [2.24, 2.45) is 0 Å². The standard InChI is InChI=1S/C24H24N2O12S2/c1-11(27)34-10-17-19(35-12(2)28)20(36-13(3)29)21(37-14(4)30)23(38-17)25-22(31)18(40-24(25)39)9-15-5-7-16(8-6-15)26(32)33/h5-9,17,19-21,23H,10H2,1-4H3/b18-9+. The number of hydrogen-bond acceptors (Lipinski definition) is 14. The van der Waals surface area contributed by atoms with Crippen molar-refractivity contribution in [3.8, 4) is 0 Å². The number of esters is 4. The molecule has 5 atom stereocenters. The minimum Gasteiger partial charge on any atom is -0.463 e. The Hall–Kier alpha value is -3.89. The molecule has 5 unspecified atom stereocenters. The van der Waals surface area contributed by atoms with Crippen LogP contribution in [0.3, 0.4) is 0 Å². The first kappa shape index (κ1) is 30.6. The summed E-state index contributed by atoms with van der Waals surface area (Å²) in [4.78, 5) is 72.6. The lowest BCUT2D eigenvalue weighted by molar-refractivity contribution is -0.384. The van der Waals surface area contributed by atoms with Crippen LogP contribution < -0.4 is 0 Å². The summed E-state index contributed by atoms with van der Waals surface area (Å²) in [6.07, 6.45) is -5.69. The Morgan fingerprint density at radius 1 is 0.975 bits per heavy atom. The molecule has 14 nitrogen and oxygen atoms in total. The molecule has 2 fully saturated rings. The monoisotopic (exact) mass is 596 g/mol. The van der Waals surface area contributed by atoms with Gasteiger partial charge in [0.25, 0.3) is 11.6 Å². The van der Waals surface area contributed by atoms with Crippen molar-refractivity contribution < 1.29 is 52.6 Å². The van der Waals surface area contributed by atoms with Gasteiger partial charge in [-0.05, 0) is 23.8 Å². The van der Waals surface area contributed by atoms with Crippen molar-refractivity contribution in [3.63, 3.8) is 0 Å². The van der Waals surface area contributed by atoms with E-state index in [1.54, 1.807) is 0 Å². The van der Waals surface area contributed by atoms with Gasteiger partial charge in [0, 0.05) is 39.8 Å². The molecule has 0 N–H and O–H groups in total. The highest BCUT2D eigenvalue weighted by Crippen LogP contribution is 2.39. The van der Waals surface area contributed by atoms with Gasteiger partial charge in [-0.15, -0.1) is 0 Å². The van der Waals surface area contributed by atoms with Crippen molar-refractivity contribution >= 4 is 69.8 Å². The summed E-state index contributed by atoms with van der Waals surface area (Å²) < 4.78 is 27.2. The number of benzene rings is 1. The third kappa shape index (κ3) is 7.40. The molecule has 214 valence electrons. The smallest absolute Gasteiger partial charge is 0.303 e. The summed E-state index contributed by atoms with van der Waals surface area (Å²) >= 11 is 6.31. The topological polar surface area (TPSA) is 178 Å². The molecular formula is C24H24N2O12S2. The molecular weight excluding hydrogens is 572 g/mol. The van der Waals surface area contributed by atoms with Gasteiger partial charge in [0.1, 0.15) is 12.7 Å². The number of hydrogen-bond donors (Lipinski definition) is 0. The largest absolute Gasteiger partial charge is 0.463 e. The molecule has 0 spiro atoms. The van der Waals surface area contributed by atoms with Crippen LogP contribution in [0.1, 0.15) is 33.3 Å². The van der Waals surface area contributed by atoms with Crippen LogP contribution in [0.15, 0.2) is 29.2 Å². The van der Waals surface area contributed by atoms with E-state index in [-0.39, 0.29) is 14.9 Å². The lowest BCUT2D eigenvalue weighted by Crippen LogP contribution is -2.66. The van der Waals surface area contributed by atoms with E-state index in [1.807, 2.05) is 0 Å². The van der Waals surface area contributed by atoms with Gasteiger partial charge in [-0.2, -0.15) is 0 Å². The number of thiocarbonyl (C=S) groups is 1. The number of non-ortho nitro benzene ring substituents is 1. The molecule has 0 aromatic heterocycles. The second-order valence-electron chi connectivity index (χ2n) is 8.49. The molecule has 0 saturated carbocycles. The van der Waals surface area contributed by atoms with Crippen LogP contribution in [-0.4, -0.2) is 81.2 Å². The van der Waals surface area contributed by atoms with Gasteiger partial charge in [-0.25, -0.2) is 0 Å². The van der Waals surface area contributed by atoms with Crippen LogP contribution in [0.5, 0.6) is 0 Å². The zero-order chi connectivity index (χ0) is 29.7. The number of nitro benzene ring substituents is 1. The highest BCUT2D eigenvalue weighted by atomic mass is 32.2. The zero-order valence-electron chi connectivity index (χ0n) is 21.6. The minimum absolute atomic E-state index is 0.0148. The first-order valence-electron chi connectivity index (χ1n) is 11.6. The van der Waals surface area contributed by atoms with E-state index in [0.717, 1.165) is 44.4 Å². The van der Waals surface area contributed by atoms with Crippen molar-refractivity contribution in [3.05, 3.63) is 44.8 Å². The number of carbonyl (C=O) groups is 5. The molecule has 2 aliphatic heterocycles. The Kier molecular flexibility index (Phi) is 9.94. The van der Waals surface area contributed by atoms with Crippen LogP contribution in [-0.2, 0) is 47.7 Å². The first-order chi connectivity index (χ1) is 18.8. The van der Waals surface area contributed by atoms with E-state index >= 15 is 0 Å². The Labute approximate surface area is 237 Å². The predicted octanol–water partition coefficient (Wildman–Crippen LogP) is 1.88. The van der Waals surface area contributed by atoms with E-state index < -0.39 is 72.0 Å². The minimum atomic E-state index is -1.51. The van der Waals surface area contributed by atoms with Crippen molar-refractivity contribution in [2.75, 3.05) is 6.61 Å². The average molecular weight is 597 g/mol. The second-order valence-corrected chi connectivity index (χ2v) is 10.2. The average Bonchev–Trinajstić information content (AvgIpc) is 3.12. The van der Waals surface area contributed by atoms with Gasteiger partial charge in [0.2, 0.25) is 0 Å². The van der Waals surface area contributed by atoms with E-state index in [0.29, 0.717) is 5.56 Å². The lowest BCUT2D eigenvalue weighted by atomic mass is 9.96. The predicted molar refractivity (Wildman–Crippen MR) is 140 cm³/mol. The SMILES string of the molecule is CC(=O)OCC1OC(N2C(=O)/C(=C\c3ccc([N+](=O)[O-])cc3)SC2=S)C(OC(C)=O)C(OC(C)=O)C1OC(C)=O. The van der Waals surface area contributed by atoms with Gasteiger partial charge in [-0.1, -0.05) is 24.0 Å². The van der Waals surface area contributed by atoms with Gasteiger partial charge < -0.3 is 23.7 Å². The van der Waals surface area contributed by atoms with E-state index in [4.69, 9.17) is 35.9 Å². The molecule has 0 radical (unpaired) electrons.